The van der Waals surface area contributed by atoms with Crippen LogP contribution in [0.25, 0.3) is 0 Å². The molecular weight excluding hydrogens is 216 g/mol. The first-order chi connectivity index (χ1) is 7.93. The third-order valence-corrected chi connectivity index (χ3v) is 3.90. The number of hydrogen-bond acceptors (Lipinski definition) is 3. The van der Waals surface area contributed by atoms with Crippen LogP contribution in [-0.2, 0) is 14.3 Å². The van der Waals surface area contributed by atoms with E-state index in [1.54, 1.807) is 0 Å². The maximum absolute atomic E-state index is 11.6. The van der Waals surface area contributed by atoms with Gasteiger partial charge in [0.25, 0.3) is 5.79 Å². The summed E-state index contributed by atoms with van der Waals surface area (Å²) in [5, 5.41) is 0. The maximum Gasteiger partial charge on any atom is 0.337 e. The molecule has 0 unspecified atom stereocenters. The summed E-state index contributed by atoms with van der Waals surface area (Å²) in [5.41, 5.74) is 0. The van der Waals surface area contributed by atoms with E-state index in [-0.39, 0.29) is 5.97 Å². The van der Waals surface area contributed by atoms with Crippen molar-refractivity contribution in [2.75, 3.05) is 0 Å². The SMILES string of the molecule is CC1=CC(=O)O[C@]2(C[C@H](C)CC[C@H]2C(C)C)O1. The Balaban J connectivity index is 2.30. The van der Waals surface area contributed by atoms with Crippen molar-refractivity contribution in [1.82, 2.24) is 0 Å². The molecule has 0 radical (unpaired) electrons. The Kier molecular flexibility index (Phi) is 3.19. The summed E-state index contributed by atoms with van der Waals surface area (Å²) in [4.78, 5) is 11.6. The third kappa shape index (κ3) is 2.33. The predicted octanol–water partition coefficient (Wildman–Crippen LogP) is 3.25. The molecule has 17 heavy (non-hydrogen) atoms. The van der Waals surface area contributed by atoms with Crippen LogP contribution < -0.4 is 0 Å². The molecule has 0 aromatic carbocycles. The summed E-state index contributed by atoms with van der Waals surface area (Å²) in [6.45, 7) is 8.38. The highest BCUT2D eigenvalue weighted by atomic mass is 16.7. The molecule has 1 heterocycles. The molecule has 3 heteroatoms. The van der Waals surface area contributed by atoms with Gasteiger partial charge < -0.3 is 9.47 Å². The van der Waals surface area contributed by atoms with E-state index in [4.69, 9.17) is 9.47 Å². The van der Waals surface area contributed by atoms with Crippen LogP contribution in [0.4, 0.5) is 0 Å². The lowest BCUT2D eigenvalue weighted by atomic mass is 9.72. The fraction of sp³-hybridized carbons (Fsp3) is 0.786. The van der Waals surface area contributed by atoms with Gasteiger partial charge in [-0.05, 0) is 31.6 Å². The number of carbonyl (C=O) groups excluding carboxylic acids is 1. The maximum atomic E-state index is 11.6. The van der Waals surface area contributed by atoms with Crippen molar-refractivity contribution < 1.29 is 14.3 Å². The summed E-state index contributed by atoms with van der Waals surface area (Å²) in [6.07, 6.45) is 4.50. The number of rotatable bonds is 1. The molecule has 2 aliphatic rings. The second kappa shape index (κ2) is 4.35. The van der Waals surface area contributed by atoms with Crippen LogP contribution in [-0.4, -0.2) is 11.8 Å². The molecule has 0 aromatic heterocycles. The highest BCUT2D eigenvalue weighted by molar-refractivity contribution is 5.83. The van der Waals surface area contributed by atoms with Gasteiger partial charge in [-0.15, -0.1) is 0 Å². The van der Waals surface area contributed by atoms with E-state index in [1.165, 1.54) is 12.5 Å². The zero-order valence-corrected chi connectivity index (χ0v) is 11.2. The molecule has 1 fully saturated rings. The van der Waals surface area contributed by atoms with Crippen molar-refractivity contribution in [3.8, 4) is 0 Å². The molecule has 3 nitrogen and oxygen atoms in total. The zero-order valence-electron chi connectivity index (χ0n) is 11.2. The number of esters is 1. The minimum atomic E-state index is -0.707. The summed E-state index contributed by atoms with van der Waals surface area (Å²) < 4.78 is 11.5. The Hall–Kier alpha value is -0.990. The second-order valence-electron chi connectivity index (χ2n) is 5.83. The Morgan fingerprint density at radius 2 is 2.06 bits per heavy atom. The smallest absolute Gasteiger partial charge is 0.337 e. The van der Waals surface area contributed by atoms with E-state index in [0.29, 0.717) is 23.5 Å². The molecule has 0 amide bonds. The van der Waals surface area contributed by atoms with Gasteiger partial charge in [-0.2, -0.15) is 0 Å². The highest BCUT2D eigenvalue weighted by Crippen LogP contribution is 2.46. The van der Waals surface area contributed by atoms with Gasteiger partial charge in [0, 0.05) is 12.3 Å². The van der Waals surface area contributed by atoms with Crippen LogP contribution in [0.15, 0.2) is 11.8 Å². The zero-order chi connectivity index (χ0) is 12.6. The Morgan fingerprint density at radius 1 is 1.35 bits per heavy atom. The summed E-state index contributed by atoms with van der Waals surface area (Å²) in [7, 11) is 0. The highest BCUT2D eigenvalue weighted by Gasteiger charge is 2.51. The molecule has 1 aliphatic heterocycles. The minimum Gasteiger partial charge on any atom is -0.456 e. The fourth-order valence-corrected chi connectivity index (χ4v) is 3.19. The Bertz CT molecular complexity index is 345. The van der Waals surface area contributed by atoms with Gasteiger partial charge >= 0.3 is 5.97 Å². The molecule has 96 valence electrons. The summed E-state index contributed by atoms with van der Waals surface area (Å²) in [5.74, 6) is 1.02. The number of allylic oxidation sites excluding steroid dienone is 1. The number of ether oxygens (including phenoxy) is 2. The second-order valence-corrected chi connectivity index (χ2v) is 5.83. The normalized spacial score (nSPS) is 37.7. The van der Waals surface area contributed by atoms with E-state index >= 15 is 0 Å². The number of carbonyl (C=O) groups is 1. The van der Waals surface area contributed by atoms with Crippen LogP contribution >= 0.6 is 0 Å². The van der Waals surface area contributed by atoms with E-state index < -0.39 is 5.79 Å². The van der Waals surface area contributed by atoms with Crippen molar-refractivity contribution >= 4 is 5.97 Å². The molecule has 2 rings (SSSR count). The van der Waals surface area contributed by atoms with Crippen molar-refractivity contribution in [2.24, 2.45) is 17.8 Å². The first kappa shape index (κ1) is 12.5. The molecule has 0 bridgehead atoms. The monoisotopic (exact) mass is 238 g/mol. The van der Waals surface area contributed by atoms with E-state index in [0.717, 1.165) is 12.8 Å². The molecule has 0 saturated heterocycles. The van der Waals surface area contributed by atoms with Gasteiger partial charge in [-0.1, -0.05) is 20.8 Å². The molecular formula is C14H22O3. The van der Waals surface area contributed by atoms with E-state index in [1.807, 2.05) is 6.92 Å². The topological polar surface area (TPSA) is 35.5 Å². The van der Waals surface area contributed by atoms with Crippen LogP contribution in [0.5, 0.6) is 0 Å². The van der Waals surface area contributed by atoms with Crippen LogP contribution in [0.2, 0.25) is 0 Å². The average molecular weight is 238 g/mol. The molecule has 0 N–H and O–H groups in total. The fourth-order valence-electron chi connectivity index (χ4n) is 3.19. The van der Waals surface area contributed by atoms with Gasteiger partial charge in [-0.25, -0.2) is 4.79 Å². The summed E-state index contributed by atoms with van der Waals surface area (Å²) in [6, 6.07) is 0. The lowest BCUT2D eigenvalue weighted by Gasteiger charge is -2.47. The van der Waals surface area contributed by atoms with Gasteiger partial charge in [0.05, 0.1) is 6.08 Å². The minimum absolute atomic E-state index is 0.256. The molecule has 1 aliphatic carbocycles. The van der Waals surface area contributed by atoms with Crippen LogP contribution in [0, 0.1) is 17.8 Å². The van der Waals surface area contributed by atoms with E-state index in [2.05, 4.69) is 20.8 Å². The molecule has 0 aromatic rings. The van der Waals surface area contributed by atoms with Gasteiger partial charge in [0.2, 0.25) is 0 Å². The predicted molar refractivity (Wildman–Crippen MR) is 65.0 cm³/mol. The average Bonchev–Trinajstić information content (AvgIpc) is 2.13. The molecule has 1 spiro atoms. The lowest BCUT2D eigenvalue weighted by Crippen LogP contribution is -2.52. The van der Waals surface area contributed by atoms with Crippen LogP contribution in [0.3, 0.4) is 0 Å². The largest absolute Gasteiger partial charge is 0.456 e. The van der Waals surface area contributed by atoms with Gasteiger partial charge in [-0.3, -0.25) is 0 Å². The van der Waals surface area contributed by atoms with Gasteiger partial charge in [0.1, 0.15) is 5.76 Å². The number of hydrogen-bond donors (Lipinski definition) is 0. The quantitative estimate of drug-likeness (QED) is 0.658. The Morgan fingerprint density at radius 3 is 2.65 bits per heavy atom. The lowest BCUT2D eigenvalue weighted by molar-refractivity contribution is -0.267. The first-order valence-electron chi connectivity index (χ1n) is 6.53. The first-order valence-corrected chi connectivity index (χ1v) is 6.53. The Labute approximate surface area is 103 Å². The van der Waals surface area contributed by atoms with Gasteiger partial charge in [0.15, 0.2) is 0 Å². The van der Waals surface area contributed by atoms with Crippen molar-refractivity contribution in [2.45, 2.75) is 52.7 Å². The van der Waals surface area contributed by atoms with Crippen molar-refractivity contribution in [1.29, 1.82) is 0 Å². The van der Waals surface area contributed by atoms with Crippen molar-refractivity contribution in [3.05, 3.63) is 11.8 Å². The molecule has 1 saturated carbocycles. The van der Waals surface area contributed by atoms with Crippen LogP contribution in [0.1, 0.15) is 47.0 Å². The standard InChI is InChI=1S/C14H22O3/c1-9(2)12-6-5-10(3)8-14(12)16-11(4)7-13(15)17-14/h7,9-10,12H,5-6,8H2,1-4H3/t10-,12+,14+/m1/s1. The third-order valence-electron chi connectivity index (χ3n) is 3.90. The van der Waals surface area contributed by atoms with Crippen molar-refractivity contribution in [3.63, 3.8) is 0 Å². The summed E-state index contributed by atoms with van der Waals surface area (Å²) >= 11 is 0. The van der Waals surface area contributed by atoms with E-state index in [9.17, 15) is 4.79 Å². The molecule has 3 atom stereocenters.